The van der Waals surface area contributed by atoms with Crippen molar-refractivity contribution in [1.82, 2.24) is 9.38 Å². The molecule has 0 unspecified atom stereocenters. The Kier molecular flexibility index (Phi) is 3.80. The van der Waals surface area contributed by atoms with Crippen LogP contribution in [-0.4, -0.2) is 35.1 Å². The summed E-state index contributed by atoms with van der Waals surface area (Å²) in [5.41, 5.74) is 3.32. The Bertz CT molecular complexity index is 948. The molecule has 0 saturated carbocycles. The number of hydrogen-bond donors (Lipinski definition) is 0. The molecule has 6 heteroatoms. The molecule has 4 rings (SSSR count). The first kappa shape index (κ1) is 15.5. The van der Waals surface area contributed by atoms with E-state index >= 15 is 0 Å². The summed E-state index contributed by atoms with van der Waals surface area (Å²) in [6, 6.07) is 9.66. The number of benzene rings is 1. The van der Waals surface area contributed by atoms with Gasteiger partial charge >= 0.3 is 0 Å². The fourth-order valence-electron chi connectivity index (χ4n) is 3.10. The number of imidazole rings is 1. The standard InChI is InChI=1S/C19H19N3O3/c1-3-22-15-10-13(7-8-16(15)25-12-18(22)23)14-11-21-9-5-6-17(24-4-2)19(21)20-14/h5-11H,3-4,12H2,1-2H3. The number of aromatic nitrogens is 2. The average Bonchev–Trinajstić information content (AvgIpc) is 3.07. The molecular weight excluding hydrogens is 318 g/mol. The van der Waals surface area contributed by atoms with Crippen molar-refractivity contribution >= 4 is 17.2 Å². The number of nitrogens with zero attached hydrogens (tertiary/aromatic N) is 3. The highest BCUT2D eigenvalue weighted by Gasteiger charge is 2.24. The van der Waals surface area contributed by atoms with E-state index in [1.807, 2.05) is 61.0 Å². The van der Waals surface area contributed by atoms with Crippen molar-refractivity contribution < 1.29 is 14.3 Å². The molecule has 0 saturated heterocycles. The van der Waals surface area contributed by atoms with Crippen LogP contribution in [0.25, 0.3) is 16.9 Å². The SMILES string of the molecule is CCOc1cccn2cc(-c3ccc4c(c3)N(CC)C(=O)CO4)nc12. The van der Waals surface area contributed by atoms with Gasteiger partial charge in [0.1, 0.15) is 5.75 Å². The highest BCUT2D eigenvalue weighted by molar-refractivity contribution is 5.98. The van der Waals surface area contributed by atoms with E-state index in [4.69, 9.17) is 14.5 Å². The zero-order valence-electron chi connectivity index (χ0n) is 14.2. The van der Waals surface area contributed by atoms with Crippen LogP contribution in [0.15, 0.2) is 42.7 Å². The van der Waals surface area contributed by atoms with E-state index in [2.05, 4.69) is 0 Å². The van der Waals surface area contributed by atoms with Gasteiger partial charge in [-0.2, -0.15) is 0 Å². The summed E-state index contributed by atoms with van der Waals surface area (Å²) in [6.45, 7) is 5.20. The van der Waals surface area contributed by atoms with E-state index in [9.17, 15) is 4.79 Å². The maximum atomic E-state index is 12.1. The monoisotopic (exact) mass is 337 g/mol. The topological polar surface area (TPSA) is 56.1 Å². The summed E-state index contributed by atoms with van der Waals surface area (Å²) >= 11 is 0. The van der Waals surface area contributed by atoms with E-state index < -0.39 is 0 Å². The summed E-state index contributed by atoms with van der Waals surface area (Å²) in [6.07, 6.45) is 3.90. The van der Waals surface area contributed by atoms with Crippen molar-refractivity contribution in [3.8, 4) is 22.8 Å². The highest BCUT2D eigenvalue weighted by Crippen LogP contribution is 2.36. The number of likely N-dealkylation sites (N-methyl/N-ethyl adjacent to an activating group) is 1. The van der Waals surface area contributed by atoms with Gasteiger partial charge in [-0.3, -0.25) is 4.79 Å². The molecule has 0 bridgehead atoms. The number of rotatable bonds is 4. The minimum atomic E-state index is -0.0271. The number of ether oxygens (including phenoxy) is 2. The van der Waals surface area contributed by atoms with Crippen LogP contribution in [0, 0.1) is 0 Å². The predicted octanol–water partition coefficient (Wildman–Crippen LogP) is 3.15. The molecule has 1 aliphatic heterocycles. The van der Waals surface area contributed by atoms with Gasteiger partial charge in [-0.25, -0.2) is 4.98 Å². The zero-order valence-corrected chi connectivity index (χ0v) is 14.2. The van der Waals surface area contributed by atoms with Gasteiger partial charge in [0.15, 0.2) is 18.0 Å². The lowest BCUT2D eigenvalue weighted by atomic mass is 10.1. The van der Waals surface area contributed by atoms with E-state index in [1.165, 1.54) is 0 Å². The Hall–Kier alpha value is -3.02. The van der Waals surface area contributed by atoms with Gasteiger partial charge < -0.3 is 18.8 Å². The second-order valence-electron chi connectivity index (χ2n) is 5.77. The van der Waals surface area contributed by atoms with Crippen molar-refractivity contribution in [3.63, 3.8) is 0 Å². The first-order valence-electron chi connectivity index (χ1n) is 8.39. The molecule has 0 aliphatic carbocycles. The maximum Gasteiger partial charge on any atom is 0.265 e. The third-order valence-electron chi connectivity index (χ3n) is 4.26. The molecule has 0 atom stereocenters. The zero-order chi connectivity index (χ0) is 17.4. The second kappa shape index (κ2) is 6.12. The number of hydrogen-bond acceptors (Lipinski definition) is 4. The quantitative estimate of drug-likeness (QED) is 0.734. The molecule has 1 aliphatic rings. The van der Waals surface area contributed by atoms with Crippen LogP contribution in [0.3, 0.4) is 0 Å². The van der Waals surface area contributed by atoms with Crippen molar-refractivity contribution in [2.24, 2.45) is 0 Å². The largest absolute Gasteiger partial charge is 0.490 e. The normalized spacial score (nSPS) is 13.7. The summed E-state index contributed by atoms with van der Waals surface area (Å²) in [5, 5.41) is 0. The number of fused-ring (bicyclic) bond motifs is 2. The first-order valence-corrected chi connectivity index (χ1v) is 8.39. The molecule has 1 aromatic carbocycles. The molecule has 25 heavy (non-hydrogen) atoms. The minimum absolute atomic E-state index is 0.0271. The fraction of sp³-hybridized carbons (Fsp3) is 0.263. The van der Waals surface area contributed by atoms with Crippen LogP contribution in [0.1, 0.15) is 13.8 Å². The molecule has 0 fully saturated rings. The Morgan fingerprint density at radius 2 is 2.16 bits per heavy atom. The molecule has 0 spiro atoms. The van der Waals surface area contributed by atoms with Crippen LogP contribution in [0.5, 0.6) is 11.5 Å². The number of pyridine rings is 1. The smallest absolute Gasteiger partial charge is 0.265 e. The molecule has 3 heterocycles. The molecule has 3 aromatic rings. The van der Waals surface area contributed by atoms with Gasteiger partial charge in [0.2, 0.25) is 0 Å². The third kappa shape index (κ3) is 2.59. The maximum absolute atomic E-state index is 12.1. The van der Waals surface area contributed by atoms with Gasteiger partial charge in [0.25, 0.3) is 5.91 Å². The van der Waals surface area contributed by atoms with Gasteiger partial charge in [-0.15, -0.1) is 0 Å². The van der Waals surface area contributed by atoms with Gasteiger partial charge in [0, 0.05) is 24.5 Å². The Labute approximate surface area is 145 Å². The van der Waals surface area contributed by atoms with E-state index in [1.54, 1.807) is 4.90 Å². The lowest BCUT2D eigenvalue weighted by Crippen LogP contribution is -2.38. The number of carbonyl (C=O) groups is 1. The lowest BCUT2D eigenvalue weighted by molar-refractivity contribution is -0.121. The van der Waals surface area contributed by atoms with Crippen LogP contribution in [0.4, 0.5) is 5.69 Å². The van der Waals surface area contributed by atoms with Crippen LogP contribution in [-0.2, 0) is 4.79 Å². The van der Waals surface area contributed by atoms with Crippen molar-refractivity contribution in [1.29, 1.82) is 0 Å². The van der Waals surface area contributed by atoms with Crippen LogP contribution >= 0.6 is 0 Å². The highest BCUT2D eigenvalue weighted by atomic mass is 16.5. The Balaban J connectivity index is 1.80. The van der Waals surface area contributed by atoms with E-state index in [0.717, 1.165) is 34.1 Å². The summed E-state index contributed by atoms with van der Waals surface area (Å²) in [7, 11) is 0. The summed E-state index contributed by atoms with van der Waals surface area (Å²) < 4.78 is 13.1. The molecule has 1 amide bonds. The summed E-state index contributed by atoms with van der Waals surface area (Å²) in [5.74, 6) is 1.45. The molecule has 2 aromatic heterocycles. The lowest BCUT2D eigenvalue weighted by Gasteiger charge is -2.28. The average molecular weight is 337 g/mol. The molecule has 0 radical (unpaired) electrons. The molecule has 0 N–H and O–H groups in total. The number of anilines is 1. The molecule has 6 nitrogen and oxygen atoms in total. The number of carbonyl (C=O) groups excluding carboxylic acids is 1. The van der Waals surface area contributed by atoms with Crippen LogP contribution in [0.2, 0.25) is 0 Å². The predicted molar refractivity (Wildman–Crippen MR) is 95.3 cm³/mol. The summed E-state index contributed by atoms with van der Waals surface area (Å²) in [4.78, 5) is 18.5. The van der Waals surface area contributed by atoms with E-state index in [0.29, 0.717) is 13.2 Å². The molecular formula is C19H19N3O3. The minimum Gasteiger partial charge on any atom is -0.490 e. The molecule has 128 valence electrons. The Morgan fingerprint density at radius 1 is 1.28 bits per heavy atom. The van der Waals surface area contributed by atoms with Gasteiger partial charge in [0.05, 0.1) is 18.0 Å². The van der Waals surface area contributed by atoms with E-state index in [-0.39, 0.29) is 12.5 Å². The second-order valence-corrected chi connectivity index (χ2v) is 5.77. The third-order valence-corrected chi connectivity index (χ3v) is 4.26. The Morgan fingerprint density at radius 3 is 2.96 bits per heavy atom. The fourth-order valence-corrected chi connectivity index (χ4v) is 3.10. The first-order chi connectivity index (χ1) is 12.2. The van der Waals surface area contributed by atoms with Gasteiger partial charge in [-0.1, -0.05) is 0 Å². The van der Waals surface area contributed by atoms with Crippen molar-refractivity contribution in [2.45, 2.75) is 13.8 Å². The van der Waals surface area contributed by atoms with Gasteiger partial charge in [-0.05, 0) is 44.2 Å². The van der Waals surface area contributed by atoms with Crippen LogP contribution < -0.4 is 14.4 Å². The van der Waals surface area contributed by atoms with Crippen molar-refractivity contribution in [3.05, 3.63) is 42.7 Å². The number of amides is 1. The van der Waals surface area contributed by atoms with Crippen molar-refractivity contribution in [2.75, 3.05) is 24.7 Å².